The number of aromatic amines is 1. The smallest absolute Gasteiger partial charge is 0.276 e. The van der Waals surface area contributed by atoms with Gasteiger partial charge in [0.15, 0.2) is 0 Å². The summed E-state index contributed by atoms with van der Waals surface area (Å²) in [7, 11) is 0. The van der Waals surface area contributed by atoms with E-state index in [0.29, 0.717) is 33.3 Å². The Kier molecular flexibility index (Phi) is 5.41. The number of hydrogen-bond donors (Lipinski definition) is 2. The van der Waals surface area contributed by atoms with Gasteiger partial charge in [-0.3, -0.25) is 0 Å². The third-order valence-corrected chi connectivity index (χ3v) is 5.81. The summed E-state index contributed by atoms with van der Waals surface area (Å²) in [6.45, 7) is 0. The Hall–Kier alpha value is -1.99. The molecule has 4 rings (SSSR count). The van der Waals surface area contributed by atoms with E-state index in [4.69, 9.17) is 33.4 Å². The maximum Gasteiger partial charge on any atom is 0.276 e. The molecule has 2 aromatic carbocycles. The number of H-pyrrole nitrogens is 1. The molecule has 0 saturated heterocycles. The summed E-state index contributed by atoms with van der Waals surface area (Å²) in [5.74, 6) is 0.950. The van der Waals surface area contributed by atoms with Crippen LogP contribution in [0.1, 0.15) is 23.1 Å². The minimum atomic E-state index is -0.380. The maximum atomic E-state index is 6.28. The second-order valence-corrected chi connectivity index (χ2v) is 7.81. The van der Waals surface area contributed by atoms with Crippen molar-refractivity contribution in [3.05, 3.63) is 75.7 Å². The fourth-order valence-electron chi connectivity index (χ4n) is 2.86. The Morgan fingerprint density at radius 2 is 1.85 bits per heavy atom. The number of hydrogen-bond acceptors (Lipinski definition) is 5. The second-order valence-electron chi connectivity index (χ2n) is 6.07. The molecule has 2 heterocycles. The van der Waals surface area contributed by atoms with Gasteiger partial charge in [0.1, 0.15) is 0 Å². The highest BCUT2D eigenvalue weighted by molar-refractivity contribution is 7.98. The number of nitrogens with one attached hydrogen (secondary N) is 1. The van der Waals surface area contributed by atoms with E-state index in [1.807, 2.05) is 30.5 Å². The minimum Gasteiger partial charge on any atom is -0.414 e. The summed E-state index contributed by atoms with van der Waals surface area (Å²) in [4.78, 5) is 3.25. The molecule has 8 heteroatoms. The molecule has 0 radical (unpaired) electrons. The minimum absolute atomic E-state index is 0.380. The maximum absolute atomic E-state index is 6.28. The van der Waals surface area contributed by atoms with E-state index in [9.17, 15) is 0 Å². The molecule has 27 heavy (non-hydrogen) atoms. The molecule has 0 saturated carbocycles. The van der Waals surface area contributed by atoms with Crippen molar-refractivity contribution in [2.24, 2.45) is 5.73 Å². The van der Waals surface area contributed by atoms with Gasteiger partial charge in [-0.2, -0.15) is 0 Å². The number of benzene rings is 2. The number of halogens is 2. The van der Waals surface area contributed by atoms with Crippen molar-refractivity contribution in [1.82, 2.24) is 15.2 Å². The standard InChI is InChI=1S/C19H16Cl2N4OS/c20-14-5-3-6-15(21)13(14)10-27-19-25-24-18(26-19)16(22)8-11-9-23-17-7-2-1-4-12(11)17/h1-7,9,16,23H,8,10,22H2/t16-/m0/s1. The summed E-state index contributed by atoms with van der Waals surface area (Å²) in [6.07, 6.45) is 2.57. The first kappa shape index (κ1) is 18.4. The van der Waals surface area contributed by atoms with Gasteiger partial charge in [-0.15, -0.1) is 10.2 Å². The summed E-state index contributed by atoms with van der Waals surface area (Å²) in [5, 5.41) is 11.0. The highest BCUT2D eigenvalue weighted by Crippen LogP contribution is 2.31. The third kappa shape index (κ3) is 3.99. The number of nitrogens with zero attached hydrogens (tertiary/aromatic N) is 2. The van der Waals surface area contributed by atoms with Gasteiger partial charge in [0, 0.05) is 32.9 Å². The van der Waals surface area contributed by atoms with Crippen LogP contribution in [0.25, 0.3) is 10.9 Å². The Morgan fingerprint density at radius 1 is 1.07 bits per heavy atom. The Morgan fingerprint density at radius 3 is 2.67 bits per heavy atom. The Bertz CT molecular complexity index is 1060. The van der Waals surface area contributed by atoms with Crippen molar-refractivity contribution in [2.45, 2.75) is 23.4 Å². The van der Waals surface area contributed by atoms with Crippen LogP contribution in [-0.4, -0.2) is 15.2 Å². The molecule has 0 aliphatic carbocycles. The van der Waals surface area contributed by atoms with Crippen LogP contribution in [0.4, 0.5) is 0 Å². The van der Waals surface area contributed by atoms with E-state index in [1.165, 1.54) is 11.8 Å². The van der Waals surface area contributed by atoms with Crippen LogP contribution in [0, 0.1) is 0 Å². The van der Waals surface area contributed by atoms with Gasteiger partial charge in [-0.05, 0) is 35.7 Å². The van der Waals surface area contributed by atoms with Crippen LogP contribution >= 0.6 is 35.0 Å². The van der Waals surface area contributed by atoms with Crippen molar-refractivity contribution in [1.29, 1.82) is 0 Å². The van der Waals surface area contributed by atoms with E-state index in [-0.39, 0.29) is 6.04 Å². The molecule has 0 spiro atoms. The molecular weight excluding hydrogens is 403 g/mol. The molecule has 4 aromatic rings. The highest BCUT2D eigenvalue weighted by atomic mass is 35.5. The lowest BCUT2D eigenvalue weighted by molar-refractivity contribution is 0.385. The Labute approximate surface area is 170 Å². The zero-order valence-corrected chi connectivity index (χ0v) is 16.5. The summed E-state index contributed by atoms with van der Waals surface area (Å²) < 4.78 is 5.73. The van der Waals surface area contributed by atoms with Crippen LogP contribution in [0.3, 0.4) is 0 Å². The third-order valence-electron chi connectivity index (χ3n) is 4.26. The quantitative estimate of drug-likeness (QED) is 0.410. The predicted octanol–water partition coefficient (Wildman–Crippen LogP) is 5.39. The van der Waals surface area contributed by atoms with Gasteiger partial charge in [-0.25, -0.2) is 0 Å². The highest BCUT2D eigenvalue weighted by Gasteiger charge is 2.18. The first-order chi connectivity index (χ1) is 13.1. The molecule has 0 bridgehead atoms. The fourth-order valence-corrected chi connectivity index (χ4v) is 4.37. The number of rotatable bonds is 6. The van der Waals surface area contributed by atoms with Gasteiger partial charge in [0.25, 0.3) is 5.22 Å². The van der Waals surface area contributed by atoms with Crippen molar-refractivity contribution in [2.75, 3.05) is 0 Å². The van der Waals surface area contributed by atoms with E-state index in [1.54, 1.807) is 12.1 Å². The number of aromatic nitrogens is 3. The normalized spacial score (nSPS) is 12.6. The number of fused-ring (bicyclic) bond motifs is 1. The average Bonchev–Trinajstić information content (AvgIpc) is 3.29. The lowest BCUT2D eigenvalue weighted by Crippen LogP contribution is -2.13. The van der Waals surface area contributed by atoms with Crippen LogP contribution in [-0.2, 0) is 12.2 Å². The van der Waals surface area contributed by atoms with Gasteiger partial charge in [0.2, 0.25) is 5.89 Å². The molecule has 1 atom stereocenters. The predicted molar refractivity (Wildman–Crippen MR) is 109 cm³/mol. The van der Waals surface area contributed by atoms with Crippen LogP contribution in [0.15, 0.2) is 58.3 Å². The second kappa shape index (κ2) is 7.94. The number of nitrogens with two attached hydrogens (primary N) is 1. The first-order valence-corrected chi connectivity index (χ1v) is 10.1. The molecule has 138 valence electrons. The first-order valence-electron chi connectivity index (χ1n) is 8.31. The molecule has 0 aliphatic heterocycles. The summed E-state index contributed by atoms with van der Waals surface area (Å²) >= 11 is 13.8. The SMILES string of the molecule is N[C@@H](Cc1c[nH]c2ccccc12)c1nnc(SCc2c(Cl)cccc2Cl)o1. The van der Waals surface area contributed by atoms with E-state index >= 15 is 0 Å². The average molecular weight is 419 g/mol. The molecule has 3 N–H and O–H groups in total. The van der Waals surface area contributed by atoms with Gasteiger partial charge in [0.05, 0.1) is 6.04 Å². The van der Waals surface area contributed by atoms with Crippen LogP contribution < -0.4 is 5.73 Å². The molecule has 0 amide bonds. The van der Waals surface area contributed by atoms with Gasteiger partial charge in [-0.1, -0.05) is 59.2 Å². The van der Waals surface area contributed by atoms with E-state index in [2.05, 4.69) is 21.2 Å². The summed E-state index contributed by atoms with van der Waals surface area (Å²) in [5.41, 5.74) is 9.33. The number of para-hydroxylation sites is 1. The van der Waals surface area contributed by atoms with Crippen molar-refractivity contribution in [3.63, 3.8) is 0 Å². The van der Waals surface area contributed by atoms with Crippen molar-refractivity contribution in [3.8, 4) is 0 Å². The summed E-state index contributed by atoms with van der Waals surface area (Å²) in [6, 6.07) is 13.1. The Balaban J connectivity index is 1.44. The van der Waals surface area contributed by atoms with E-state index in [0.717, 1.165) is 22.0 Å². The monoisotopic (exact) mass is 418 g/mol. The largest absolute Gasteiger partial charge is 0.414 e. The van der Waals surface area contributed by atoms with Gasteiger partial charge >= 0.3 is 0 Å². The van der Waals surface area contributed by atoms with Crippen molar-refractivity contribution < 1.29 is 4.42 Å². The molecule has 0 fully saturated rings. The van der Waals surface area contributed by atoms with E-state index < -0.39 is 0 Å². The fraction of sp³-hybridized carbons (Fsp3) is 0.158. The zero-order valence-electron chi connectivity index (χ0n) is 14.2. The molecular formula is C19H16Cl2N4OS. The lowest BCUT2D eigenvalue weighted by atomic mass is 10.1. The van der Waals surface area contributed by atoms with Crippen LogP contribution in [0.5, 0.6) is 0 Å². The van der Waals surface area contributed by atoms with Crippen molar-refractivity contribution >= 4 is 45.9 Å². The van der Waals surface area contributed by atoms with Gasteiger partial charge < -0.3 is 15.1 Å². The molecule has 0 aliphatic rings. The molecule has 5 nitrogen and oxygen atoms in total. The lowest BCUT2D eigenvalue weighted by Gasteiger charge is -2.06. The molecule has 2 aromatic heterocycles. The number of thioether (sulfide) groups is 1. The molecule has 0 unspecified atom stereocenters. The topological polar surface area (TPSA) is 80.7 Å². The zero-order chi connectivity index (χ0) is 18.8. The van der Waals surface area contributed by atoms with Crippen LogP contribution in [0.2, 0.25) is 10.0 Å².